The Hall–Kier alpha value is -5.03. The van der Waals surface area contributed by atoms with Gasteiger partial charge in [-0.2, -0.15) is 18.3 Å². The van der Waals surface area contributed by atoms with Crippen molar-refractivity contribution in [3.63, 3.8) is 0 Å². The Morgan fingerprint density at radius 2 is 1.83 bits per heavy atom. The molecule has 5 aromatic rings. The second kappa shape index (κ2) is 11.2. The molecule has 0 aliphatic heterocycles. The fourth-order valence-electron chi connectivity index (χ4n) is 4.18. The number of hydrazone groups is 1. The number of aromatic amines is 1. The molecule has 0 atom stereocenters. The van der Waals surface area contributed by atoms with E-state index >= 15 is 0 Å². The molecule has 0 bridgehead atoms. The monoisotopic (exact) mass is 581 g/mol. The Morgan fingerprint density at radius 3 is 2.54 bits per heavy atom. The maximum absolute atomic E-state index is 13.8. The number of carbonyl (C=O) groups is 2. The number of amides is 1. The topological polar surface area (TPSA) is 106 Å². The number of rotatable bonds is 7. The van der Waals surface area contributed by atoms with Gasteiger partial charge in [0.25, 0.3) is 5.91 Å². The van der Waals surface area contributed by atoms with E-state index in [1.165, 1.54) is 49.9 Å². The normalized spacial score (nSPS) is 11.6. The van der Waals surface area contributed by atoms with E-state index in [-0.39, 0.29) is 44.4 Å². The average Bonchev–Trinajstić information content (AvgIpc) is 3.62. The molecule has 0 spiro atoms. The molecule has 0 saturated heterocycles. The maximum atomic E-state index is 13.8. The minimum absolute atomic E-state index is 0.0101. The van der Waals surface area contributed by atoms with Crippen molar-refractivity contribution >= 4 is 40.6 Å². The van der Waals surface area contributed by atoms with Crippen LogP contribution in [-0.4, -0.2) is 30.2 Å². The van der Waals surface area contributed by atoms with Crippen molar-refractivity contribution in [1.29, 1.82) is 0 Å². The average molecular weight is 582 g/mol. The lowest BCUT2D eigenvalue weighted by Crippen LogP contribution is -2.19. The number of esters is 1. The molecule has 2 aromatic heterocycles. The van der Waals surface area contributed by atoms with E-state index < -0.39 is 23.6 Å². The number of para-hydroxylation sites is 1. The van der Waals surface area contributed by atoms with Crippen LogP contribution in [0.15, 0.2) is 88.6 Å². The lowest BCUT2D eigenvalue weighted by atomic mass is 10.00. The number of fused-ring (bicyclic) bond motifs is 1. The number of furan rings is 1. The summed E-state index contributed by atoms with van der Waals surface area (Å²) in [5.41, 5.74) is 2.04. The summed E-state index contributed by atoms with van der Waals surface area (Å²) >= 11 is 6.36. The minimum Gasteiger partial charge on any atom is -0.493 e. The minimum atomic E-state index is -4.66. The fourth-order valence-corrected chi connectivity index (χ4v) is 4.41. The van der Waals surface area contributed by atoms with Crippen LogP contribution in [0, 0.1) is 0 Å². The number of hydrogen-bond donors (Lipinski definition) is 2. The van der Waals surface area contributed by atoms with Crippen molar-refractivity contribution in [2.24, 2.45) is 5.10 Å². The summed E-state index contributed by atoms with van der Waals surface area (Å²) in [5, 5.41) is 4.37. The van der Waals surface area contributed by atoms with Crippen LogP contribution in [0.2, 0.25) is 5.02 Å². The van der Waals surface area contributed by atoms with E-state index in [1.54, 1.807) is 36.4 Å². The van der Waals surface area contributed by atoms with Gasteiger partial charge in [-0.3, -0.25) is 4.79 Å². The third-order valence-electron chi connectivity index (χ3n) is 6.00. The third kappa shape index (κ3) is 5.66. The van der Waals surface area contributed by atoms with E-state index in [1.807, 2.05) is 0 Å². The third-order valence-corrected chi connectivity index (χ3v) is 6.33. The molecular formula is C29H19ClF3N3O5. The predicted octanol–water partition coefficient (Wildman–Crippen LogP) is 7.09. The first kappa shape index (κ1) is 27.5. The highest BCUT2D eigenvalue weighted by Crippen LogP contribution is 2.41. The van der Waals surface area contributed by atoms with Gasteiger partial charge in [0.15, 0.2) is 11.5 Å². The van der Waals surface area contributed by atoms with E-state index in [9.17, 15) is 22.8 Å². The first-order chi connectivity index (χ1) is 19.7. The summed E-state index contributed by atoms with van der Waals surface area (Å²) in [7, 11) is 1.38. The van der Waals surface area contributed by atoms with E-state index in [0.717, 1.165) is 6.07 Å². The zero-order valence-electron chi connectivity index (χ0n) is 21.1. The number of halogens is 4. The summed E-state index contributed by atoms with van der Waals surface area (Å²) in [6.45, 7) is 0. The standard InChI is InChI=1S/C29H19ClF3N3O5/c1-39-23-14-16(11-12-21(23)41-28(38)22-10-5-13-40-22)15-34-36-27(37)26-24(17-6-2-3-9-20(17)30)18-7-4-8-19(25(18)35-26)29(31,32)33/h2-15,35H,1H3,(H,36,37). The number of hydrogen-bond acceptors (Lipinski definition) is 6. The highest BCUT2D eigenvalue weighted by atomic mass is 35.5. The van der Waals surface area contributed by atoms with Gasteiger partial charge in [0.1, 0.15) is 5.69 Å². The summed E-state index contributed by atoms with van der Waals surface area (Å²) in [4.78, 5) is 28.0. The smallest absolute Gasteiger partial charge is 0.418 e. The first-order valence-corrected chi connectivity index (χ1v) is 12.3. The zero-order chi connectivity index (χ0) is 29.1. The highest BCUT2D eigenvalue weighted by molar-refractivity contribution is 6.34. The molecule has 1 amide bonds. The van der Waals surface area contributed by atoms with Gasteiger partial charge in [-0.1, -0.05) is 41.9 Å². The molecule has 5 rings (SSSR count). The van der Waals surface area contributed by atoms with Crippen molar-refractivity contribution < 1.29 is 36.7 Å². The second-order valence-electron chi connectivity index (χ2n) is 8.56. The van der Waals surface area contributed by atoms with E-state index in [0.29, 0.717) is 11.1 Å². The highest BCUT2D eigenvalue weighted by Gasteiger charge is 2.35. The van der Waals surface area contributed by atoms with Crippen LogP contribution >= 0.6 is 11.6 Å². The fraction of sp³-hybridized carbons (Fsp3) is 0.0690. The lowest BCUT2D eigenvalue weighted by molar-refractivity contribution is -0.136. The first-order valence-electron chi connectivity index (χ1n) is 11.9. The van der Waals surface area contributed by atoms with Gasteiger partial charge in [0.2, 0.25) is 5.76 Å². The van der Waals surface area contributed by atoms with Crippen molar-refractivity contribution in [1.82, 2.24) is 10.4 Å². The number of ether oxygens (including phenoxy) is 2. The molecular weight excluding hydrogens is 563 g/mol. The summed E-state index contributed by atoms with van der Waals surface area (Å²) in [6.07, 6.45) is -2.03. The number of methoxy groups -OCH3 is 1. The number of H-pyrrole nitrogens is 1. The van der Waals surface area contributed by atoms with Crippen LogP contribution < -0.4 is 14.9 Å². The molecule has 0 saturated carbocycles. The lowest BCUT2D eigenvalue weighted by Gasteiger charge is -2.09. The van der Waals surface area contributed by atoms with Crippen LogP contribution in [0.25, 0.3) is 22.0 Å². The van der Waals surface area contributed by atoms with E-state index in [2.05, 4.69) is 15.5 Å². The Morgan fingerprint density at radius 1 is 1.02 bits per heavy atom. The molecule has 0 radical (unpaired) electrons. The van der Waals surface area contributed by atoms with Gasteiger partial charge in [-0.05, 0) is 48.0 Å². The number of alkyl halides is 3. The Labute approximate surface area is 235 Å². The largest absolute Gasteiger partial charge is 0.493 e. The quantitative estimate of drug-likeness (QED) is 0.0923. The summed E-state index contributed by atoms with van der Waals surface area (Å²) < 4.78 is 56.9. The SMILES string of the molecule is COc1cc(C=NNC(=O)c2[nH]c3c(C(F)(F)F)cccc3c2-c2ccccc2Cl)ccc1OC(=O)c1ccco1. The molecule has 0 aliphatic carbocycles. The number of nitrogens with one attached hydrogen (secondary N) is 2. The van der Waals surface area contributed by atoms with Gasteiger partial charge in [0, 0.05) is 21.5 Å². The van der Waals surface area contributed by atoms with Crippen molar-refractivity contribution in [3.8, 4) is 22.6 Å². The molecule has 208 valence electrons. The Kier molecular flexibility index (Phi) is 7.54. The van der Waals surface area contributed by atoms with Crippen LogP contribution in [0.4, 0.5) is 13.2 Å². The van der Waals surface area contributed by atoms with Gasteiger partial charge in [-0.25, -0.2) is 10.2 Å². The van der Waals surface area contributed by atoms with Crippen molar-refractivity contribution in [3.05, 3.63) is 107 Å². The molecule has 2 heterocycles. The van der Waals surface area contributed by atoms with Gasteiger partial charge in [0.05, 0.1) is 30.7 Å². The van der Waals surface area contributed by atoms with Crippen LogP contribution in [0.1, 0.15) is 32.2 Å². The Bertz CT molecular complexity index is 1780. The second-order valence-corrected chi connectivity index (χ2v) is 8.96. The summed E-state index contributed by atoms with van der Waals surface area (Å²) in [6, 6.07) is 17.7. The molecule has 0 aliphatic rings. The van der Waals surface area contributed by atoms with Gasteiger partial charge in [-0.15, -0.1) is 0 Å². The number of nitrogens with zero attached hydrogens (tertiary/aromatic N) is 1. The van der Waals surface area contributed by atoms with Gasteiger partial charge >= 0.3 is 12.1 Å². The molecule has 0 unspecified atom stereocenters. The van der Waals surface area contributed by atoms with Crippen LogP contribution in [0.5, 0.6) is 11.5 Å². The van der Waals surface area contributed by atoms with Crippen molar-refractivity contribution in [2.45, 2.75) is 6.18 Å². The molecule has 8 nitrogen and oxygen atoms in total. The summed E-state index contributed by atoms with van der Waals surface area (Å²) in [5.74, 6) is -1.18. The maximum Gasteiger partial charge on any atom is 0.418 e. The molecule has 12 heteroatoms. The molecule has 0 fully saturated rings. The number of benzene rings is 3. The van der Waals surface area contributed by atoms with Crippen LogP contribution in [-0.2, 0) is 6.18 Å². The van der Waals surface area contributed by atoms with Crippen molar-refractivity contribution in [2.75, 3.05) is 7.11 Å². The molecule has 3 aromatic carbocycles. The van der Waals surface area contributed by atoms with Gasteiger partial charge < -0.3 is 18.9 Å². The number of aromatic nitrogens is 1. The predicted molar refractivity (Wildman–Crippen MR) is 145 cm³/mol. The zero-order valence-corrected chi connectivity index (χ0v) is 21.8. The number of carbonyl (C=O) groups excluding carboxylic acids is 2. The molecule has 41 heavy (non-hydrogen) atoms. The van der Waals surface area contributed by atoms with Crippen LogP contribution in [0.3, 0.4) is 0 Å². The van der Waals surface area contributed by atoms with E-state index in [4.69, 9.17) is 25.5 Å². The Balaban J connectivity index is 1.43. The molecule has 2 N–H and O–H groups in total.